The van der Waals surface area contributed by atoms with Crippen LogP contribution in [0.15, 0.2) is 29.1 Å². The van der Waals surface area contributed by atoms with Gasteiger partial charge in [0, 0.05) is 30.8 Å². The van der Waals surface area contributed by atoms with Gasteiger partial charge in [-0.15, -0.1) is 0 Å². The van der Waals surface area contributed by atoms with Crippen molar-refractivity contribution in [2.75, 3.05) is 19.6 Å². The summed E-state index contributed by atoms with van der Waals surface area (Å²) >= 11 is 0. The van der Waals surface area contributed by atoms with E-state index in [-0.39, 0.29) is 42.6 Å². The molecule has 0 aliphatic carbocycles. The molecular weight excluding hydrogens is 327 g/mol. The Morgan fingerprint density at radius 3 is 2.64 bits per heavy atom. The summed E-state index contributed by atoms with van der Waals surface area (Å²) in [5.41, 5.74) is 1.45. The van der Waals surface area contributed by atoms with Crippen LogP contribution >= 0.6 is 0 Å². The summed E-state index contributed by atoms with van der Waals surface area (Å²) in [5, 5.41) is 5.62. The summed E-state index contributed by atoms with van der Waals surface area (Å²) < 4.78 is 14.4. The molecule has 25 heavy (non-hydrogen) atoms. The maximum absolute atomic E-state index is 13.0. The van der Waals surface area contributed by atoms with Crippen molar-refractivity contribution >= 4 is 11.8 Å². The first-order valence-electron chi connectivity index (χ1n) is 8.06. The lowest BCUT2D eigenvalue weighted by atomic mass is 10.1. The van der Waals surface area contributed by atoms with E-state index in [1.54, 1.807) is 6.92 Å². The van der Waals surface area contributed by atoms with Gasteiger partial charge in [-0.2, -0.15) is 0 Å². The average molecular weight is 346 g/mol. The SMILES string of the molecule is Cc1[nH]n(-c2ccc(F)cc2)c(=O)c1CCC(=O)N1CCNC(=O)C1. The molecule has 2 heterocycles. The highest BCUT2D eigenvalue weighted by molar-refractivity contribution is 5.86. The van der Waals surface area contributed by atoms with Crippen LogP contribution in [0.2, 0.25) is 0 Å². The Balaban J connectivity index is 1.73. The quantitative estimate of drug-likeness (QED) is 0.845. The standard InChI is InChI=1S/C17H19FN4O3/c1-11-14(6-7-16(24)21-9-8-19-15(23)10-21)17(25)22(20-11)13-4-2-12(18)3-5-13/h2-5,20H,6-10H2,1H3,(H,19,23). The molecule has 0 bridgehead atoms. The van der Waals surface area contributed by atoms with Gasteiger partial charge < -0.3 is 10.2 Å². The number of aromatic amines is 1. The third-order valence-electron chi connectivity index (χ3n) is 4.26. The van der Waals surface area contributed by atoms with E-state index in [0.717, 1.165) is 0 Å². The summed E-state index contributed by atoms with van der Waals surface area (Å²) in [5.74, 6) is -0.698. The topological polar surface area (TPSA) is 87.2 Å². The number of nitrogens with zero attached hydrogens (tertiary/aromatic N) is 2. The second kappa shape index (κ2) is 6.92. The highest BCUT2D eigenvalue weighted by atomic mass is 19.1. The minimum Gasteiger partial charge on any atom is -0.353 e. The first-order chi connectivity index (χ1) is 12.0. The average Bonchev–Trinajstić information content (AvgIpc) is 2.88. The predicted octanol–water partition coefficient (Wildman–Crippen LogP) is 0.504. The van der Waals surface area contributed by atoms with E-state index in [1.807, 2.05) is 0 Å². The molecule has 0 radical (unpaired) electrons. The molecule has 7 nitrogen and oxygen atoms in total. The number of carbonyl (C=O) groups excluding carboxylic acids is 2. The largest absolute Gasteiger partial charge is 0.353 e. The number of piperazine rings is 1. The van der Waals surface area contributed by atoms with Crippen molar-refractivity contribution in [2.45, 2.75) is 19.8 Å². The number of aromatic nitrogens is 2. The normalized spacial score (nSPS) is 14.5. The molecule has 1 aliphatic rings. The van der Waals surface area contributed by atoms with Crippen molar-refractivity contribution in [3.05, 3.63) is 51.7 Å². The van der Waals surface area contributed by atoms with E-state index in [2.05, 4.69) is 10.4 Å². The van der Waals surface area contributed by atoms with Crippen molar-refractivity contribution in [3.63, 3.8) is 0 Å². The second-order valence-corrected chi connectivity index (χ2v) is 6.00. The zero-order chi connectivity index (χ0) is 18.0. The molecule has 2 aromatic rings. The van der Waals surface area contributed by atoms with Gasteiger partial charge in [-0.1, -0.05) is 0 Å². The fraction of sp³-hybridized carbons (Fsp3) is 0.353. The maximum atomic E-state index is 13.0. The number of amides is 2. The molecule has 0 atom stereocenters. The highest BCUT2D eigenvalue weighted by Crippen LogP contribution is 2.11. The van der Waals surface area contributed by atoms with E-state index >= 15 is 0 Å². The van der Waals surface area contributed by atoms with Crippen molar-refractivity contribution in [3.8, 4) is 5.69 Å². The zero-order valence-corrected chi connectivity index (χ0v) is 13.8. The van der Waals surface area contributed by atoms with Gasteiger partial charge in [0.25, 0.3) is 5.56 Å². The van der Waals surface area contributed by atoms with E-state index < -0.39 is 0 Å². The number of nitrogens with one attached hydrogen (secondary N) is 2. The summed E-state index contributed by atoms with van der Waals surface area (Å²) in [6, 6.07) is 5.58. The number of benzene rings is 1. The van der Waals surface area contributed by atoms with E-state index in [0.29, 0.717) is 30.0 Å². The van der Waals surface area contributed by atoms with Crippen LogP contribution in [-0.2, 0) is 16.0 Å². The lowest BCUT2D eigenvalue weighted by Crippen LogP contribution is -2.50. The fourth-order valence-corrected chi connectivity index (χ4v) is 2.89. The highest BCUT2D eigenvalue weighted by Gasteiger charge is 2.22. The Bertz CT molecular complexity index is 854. The van der Waals surface area contributed by atoms with Crippen LogP contribution in [0.3, 0.4) is 0 Å². The van der Waals surface area contributed by atoms with Gasteiger partial charge in [-0.05, 0) is 37.6 Å². The molecule has 1 aromatic carbocycles. The van der Waals surface area contributed by atoms with Crippen molar-refractivity contribution in [2.24, 2.45) is 0 Å². The summed E-state index contributed by atoms with van der Waals surface area (Å²) in [6.07, 6.45) is 0.441. The molecule has 2 amide bonds. The minimum atomic E-state index is -0.378. The van der Waals surface area contributed by atoms with Crippen LogP contribution in [0, 0.1) is 12.7 Å². The second-order valence-electron chi connectivity index (χ2n) is 6.00. The number of H-pyrrole nitrogens is 1. The molecule has 1 fully saturated rings. The molecule has 132 valence electrons. The third kappa shape index (κ3) is 3.62. The molecule has 8 heteroatoms. The van der Waals surface area contributed by atoms with Crippen LogP contribution in [0.1, 0.15) is 17.7 Å². The number of carbonyl (C=O) groups is 2. The molecule has 2 N–H and O–H groups in total. The van der Waals surface area contributed by atoms with Crippen LogP contribution in [0.25, 0.3) is 5.69 Å². The number of hydrogen-bond donors (Lipinski definition) is 2. The first-order valence-corrected chi connectivity index (χ1v) is 8.06. The zero-order valence-electron chi connectivity index (χ0n) is 13.8. The number of hydrogen-bond acceptors (Lipinski definition) is 3. The maximum Gasteiger partial charge on any atom is 0.274 e. The molecule has 0 saturated carbocycles. The lowest BCUT2D eigenvalue weighted by Gasteiger charge is -2.26. The lowest BCUT2D eigenvalue weighted by molar-refractivity contribution is -0.138. The Labute approximate surface area is 143 Å². The summed E-state index contributed by atoms with van der Waals surface area (Å²) in [4.78, 5) is 37.7. The van der Waals surface area contributed by atoms with Gasteiger partial charge in [0.05, 0.1) is 12.2 Å². The van der Waals surface area contributed by atoms with Crippen molar-refractivity contribution in [1.82, 2.24) is 20.0 Å². The molecule has 0 unspecified atom stereocenters. The van der Waals surface area contributed by atoms with E-state index in [4.69, 9.17) is 0 Å². The van der Waals surface area contributed by atoms with Gasteiger partial charge >= 0.3 is 0 Å². The van der Waals surface area contributed by atoms with Gasteiger partial charge in [-0.3, -0.25) is 19.5 Å². The molecule has 0 spiro atoms. The van der Waals surface area contributed by atoms with Gasteiger partial charge in [-0.25, -0.2) is 9.07 Å². The Hall–Kier alpha value is -2.90. The Morgan fingerprint density at radius 1 is 1.24 bits per heavy atom. The Morgan fingerprint density at radius 2 is 1.96 bits per heavy atom. The van der Waals surface area contributed by atoms with Crippen LogP contribution in [-0.4, -0.2) is 46.1 Å². The number of aryl methyl sites for hydroxylation is 1. The van der Waals surface area contributed by atoms with Gasteiger partial charge in [0.1, 0.15) is 5.82 Å². The minimum absolute atomic E-state index is 0.0603. The smallest absolute Gasteiger partial charge is 0.274 e. The van der Waals surface area contributed by atoms with Crippen LogP contribution in [0.4, 0.5) is 4.39 Å². The fourth-order valence-electron chi connectivity index (χ4n) is 2.89. The summed E-state index contributed by atoms with van der Waals surface area (Å²) in [7, 11) is 0. The molecule has 3 rings (SSSR count). The predicted molar refractivity (Wildman–Crippen MR) is 89.0 cm³/mol. The number of halogens is 1. The van der Waals surface area contributed by atoms with Crippen LogP contribution in [0.5, 0.6) is 0 Å². The van der Waals surface area contributed by atoms with E-state index in [1.165, 1.54) is 33.8 Å². The molecule has 1 aliphatic heterocycles. The molecule has 1 saturated heterocycles. The molecular formula is C17H19FN4O3. The van der Waals surface area contributed by atoms with E-state index in [9.17, 15) is 18.8 Å². The number of rotatable bonds is 4. The summed E-state index contributed by atoms with van der Waals surface area (Å²) in [6.45, 7) is 2.75. The van der Waals surface area contributed by atoms with Crippen molar-refractivity contribution in [1.29, 1.82) is 0 Å². The van der Waals surface area contributed by atoms with Gasteiger partial charge in [0.2, 0.25) is 11.8 Å². The molecule has 1 aromatic heterocycles. The Kier molecular flexibility index (Phi) is 4.69. The van der Waals surface area contributed by atoms with Crippen LogP contribution < -0.4 is 10.9 Å². The first kappa shape index (κ1) is 16.9. The van der Waals surface area contributed by atoms with Crippen molar-refractivity contribution < 1.29 is 14.0 Å². The van der Waals surface area contributed by atoms with Gasteiger partial charge in [0.15, 0.2) is 0 Å². The monoisotopic (exact) mass is 346 g/mol. The third-order valence-corrected chi connectivity index (χ3v) is 4.26.